The number of hydrogen-bond acceptors (Lipinski definition) is 3. The topological polar surface area (TPSA) is 38.5 Å². The summed E-state index contributed by atoms with van der Waals surface area (Å²) in [4.78, 5) is 2.44. The Kier molecular flexibility index (Phi) is 3.89. The Bertz CT molecular complexity index is 378. The largest absolute Gasteiger partial charge is 0.497 e. The molecule has 0 saturated carbocycles. The van der Waals surface area contributed by atoms with Gasteiger partial charge in [0.15, 0.2) is 0 Å². The van der Waals surface area contributed by atoms with Gasteiger partial charge < -0.3 is 15.4 Å². The molecule has 1 fully saturated rings. The van der Waals surface area contributed by atoms with E-state index in [9.17, 15) is 0 Å². The summed E-state index contributed by atoms with van der Waals surface area (Å²) in [5, 5.41) is 0. The average molecular weight is 234 g/mol. The zero-order valence-corrected chi connectivity index (χ0v) is 10.8. The molecule has 1 heterocycles. The lowest BCUT2D eigenvalue weighted by atomic mass is 10.1. The summed E-state index contributed by atoms with van der Waals surface area (Å²) in [7, 11) is 1.71. The summed E-state index contributed by atoms with van der Waals surface area (Å²) in [5.74, 6) is 1.74. The highest BCUT2D eigenvalue weighted by Crippen LogP contribution is 2.31. The van der Waals surface area contributed by atoms with Crippen molar-refractivity contribution < 1.29 is 4.74 Å². The molecule has 3 heteroatoms. The van der Waals surface area contributed by atoms with Crippen molar-refractivity contribution in [2.75, 3.05) is 25.1 Å². The number of rotatable bonds is 4. The molecule has 1 saturated heterocycles. The normalized spacial score (nSPS) is 19.7. The maximum absolute atomic E-state index is 5.81. The highest BCUT2D eigenvalue weighted by Gasteiger charge is 2.22. The highest BCUT2D eigenvalue weighted by molar-refractivity contribution is 5.58. The van der Waals surface area contributed by atoms with Crippen LogP contribution in [0.2, 0.25) is 0 Å². The van der Waals surface area contributed by atoms with Crippen molar-refractivity contribution in [3.05, 3.63) is 23.8 Å². The van der Waals surface area contributed by atoms with Gasteiger partial charge in [0.2, 0.25) is 0 Å². The Hall–Kier alpha value is -1.22. The molecule has 1 atom stereocenters. The lowest BCUT2D eigenvalue weighted by Crippen LogP contribution is -2.21. The van der Waals surface area contributed by atoms with E-state index in [1.54, 1.807) is 7.11 Å². The van der Waals surface area contributed by atoms with E-state index in [1.807, 2.05) is 6.07 Å². The molecule has 3 nitrogen and oxygen atoms in total. The quantitative estimate of drug-likeness (QED) is 0.869. The van der Waals surface area contributed by atoms with Crippen molar-refractivity contribution in [2.45, 2.75) is 26.3 Å². The fourth-order valence-electron chi connectivity index (χ4n) is 2.52. The molecule has 0 spiro atoms. The zero-order chi connectivity index (χ0) is 12.3. The number of ether oxygens (including phenoxy) is 1. The minimum atomic E-state index is 0.590. The highest BCUT2D eigenvalue weighted by atomic mass is 16.5. The van der Waals surface area contributed by atoms with Crippen LogP contribution in [-0.4, -0.2) is 20.2 Å². The second-order valence-corrected chi connectivity index (χ2v) is 4.71. The lowest BCUT2D eigenvalue weighted by Gasteiger charge is -2.22. The molecule has 1 unspecified atom stereocenters. The molecule has 2 rings (SSSR count). The Morgan fingerprint density at radius 1 is 1.47 bits per heavy atom. The first-order chi connectivity index (χ1) is 8.28. The van der Waals surface area contributed by atoms with Gasteiger partial charge in [-0.1, -0.05) is 19.4 Å². The van der Waals surface area contributed by atoms with Crippen LogP contribution in [0.1, 0.15) is 25.3 Å². The fourth-order valence-corrected chi connectivity index (χ4v) is 2.52. The van der Waals surface area contributed by atoms with Crippen LogP contribution in [0, 0.1) is 5.92 Å². The van der Waals surface area contributed by atoms with Crippen LogP contribution >= 0.6 is 0 Å². The third kappa shape index (κ3) is 2.55. The van der Waals surface area contributed by atoms with E-state index in [0.717, 1.165) is 24.8 Å². The monoisotopic (exact) mass is 234 g/mol. The zero-order valence-electron chi connectivity index (χ0n) is 10.8. The Morgan fingerprint density at radius 2 is 2.29 bits per heavy atom. The molecule has 0 aromatic heterocycles. The van der Waals surface area contributed by atoms with Crippen LogP contribution in [0.15, 0.2) is 18.2 Å². The van der Waals surface area contributed by atoms with Crippen molar-refractivity contribution in [1.29, 1.82) is 0 Å². The van der Waals surface area contributed by atoms with E-state index < -0.39 is 0 Å². The van der Waals surface area contributed by atoms with Crippen LogP contribution in [0.25, 0.3) is 0 Å². The molecule has 1 aromatic rings. The predicted octanol–water partition coefficient (Wildman–Crippen LogP) is 2.39. The minimum absolute atomic E-state index is 0.590. The maximum atomic E-state index is 5.81. The summed E-state index contributed by atoms with van der Waals surface area (Å²) in [6.45, 7) is 5.14. The lowest BCUT2D eigenvalue weighted by molar-refractivity contribution is 0.414. The van der Waals surface area contributed by atoms with Gasteiger partial charge >= 0.3 is 0 Å². The number of benzene rings is 1. The second-order valence-electron chi connectivity index (χ2n) is 4.71. The molecule has 0 aliphatic carbocycles. The van der Waals surface area contributed by atoms with Gasteiger partial charge in [-0.3, -0.25) is 0 Å². The van der Waals surface area contributed by atoms with Crippen molar-refractivity contribution in [3.8, 4) is 5.75 Å². The van der Waals surface area contributed by atoms with Crippen LogP contribution in [0.5, 0.6) is 5.75 Å². The van der Waals surface area contributed by atoms with Gasteiger partial charge in [-0.15, -0.1) is 0 Å². The molecule has 0 amide bonds. The van der Waals surface area contributed by atoms with Crippen LogP contribution < -0.4 is 15.4 Å². The van der Waals surface area contributed by atoms with Gasteiger partial charge in [0.05, 0.1) is 7.11 Å². The molecule has 94 valence electrons. The molecular weight excluding hydrogens is 212 g/mol. The van der Waals surface area contributed by atoms with E-state index in [1.165, 1.54) is 24.1 Å². The van der Waals surface area contributed by atoms with E-state index >= 15 is 0 Å². The minimum Gasteiger partial charge on any atom is -0.497 e. The number of anilines is 1. The number of nitrogens with two attached hydrogens (primary N) is 1. The molecule has 1 aliphatic rings. The van der Waals surface area contributed by atoms with Gasteiger partial charge in [0, 0.05) is 31.4 Å². The van der Waals surface area contributed by atoms with Gasteiger partial charge in [-0.2, -0.15) is 0 Å². The number of methoxy groups -OCH3 is 1. The SMILES string of the molecule is CCC1CCN(c2cc(OC)ccc2CN)C1. The molecule has 0 bridgehead atoms. The first kappa shape index (κ1) is 12.2. The van der Waals surface area contributed by atoms with Gasteiger partial charge in [-0.25, -0.2) is 0 Å². The third-order valence-electron chi connectivity index (χ3n) is 3.72. The van der Waals surface area contributed by atoms with Crippen molar-refractivity contribution >= 4 is 5.69 Å². The van der Waals surface area contributed by atoms with E-state index in [4.69, 9.17) is 10.5 Å². The van der Waals surface area contributed by atoms with Crippen molar-refractivity contribution in [2.24, 2.45) is 11.7 Å². The summed E-state index contributed by atoms with van der Waals surface area (Å²) in [6, 6.07) is 6.17. The summed E-state index contributed by atoms with van der Waals surface area (Å²) >= 11 is 0. The molecule has 17 heavy (non-hydrogen) atoms. The third-order valence-corrected chi connectivity index (χ3v) is 3.72. The fraction of sp³-hybridized carbons (Fsp3) is 0.571. The summed E-state index contributed by atoms with van der Waals surface area (Å²) < 4.78 is 5.30. The number of hydrogen-bond donors (Lipinski definition) is 1. The van der Waals surface area contributed by atoms with Gasteiger partial charge in [-0.05, 0) is 24.0 Å². The molecule has 1 aromatic carbocycles. The predicted molar refractivity (Wildman–Crippen MR) is 71.5 cm³/mol. The molecule has 1 aliphatic heterocycles. The average Bonchev–Trinajstić information content (AvgIpc) is 2.86. The first-order valence-electron chi connectivity index (χ1n) is 6.40. The Balaban J connectivity index is 2.24. The Labute approximate surface area is 104 Å². The maximum Gasteiger partial charge on any atom is 0.120 e. The van der Waals surface area contributed by atoms with Crippen molar-refractivity contribution in [1.82, 2.24) is 0 Å². The summed E-state index contributed by atoms with van der Waals surface area (Å²) in [5.41, 5.74) is 8.27. The van der Waals surface area contributed by atoms with Gasteiger partial charge in [0.1, 0.15) is 5.75 Å². The van der Waals surface area contributed by atoms with Crippen LogP contribution in [0.4, 0.5) is 5.69 Å². The van der Waals surface area contributed by atoms with Crippen LogP contribution in [0.3, 0.4) is 0 Å². The molecule has 0 radical (unpaired) electrons. The first-order valence-corrected chi connectivity index (χ1v) is 6.40. The van der Waals surface area contributed by atoms with Crippen molar-refractivity contribution in [3.63, 3.8) is 0 Å². The van der Waals surface area contributed by atoms with E-state index in [0.29, 0.717) is 6.54 Å². The summed E-state index contributed by atoms with van der Waals surface area (Å²) in [6.07, 6.45) is 2.55. The standard InChI is InChI=1S/C14H22N2O/c1-3-11-6-7-16(10-11)14-8-13(17-2)5-4-12(14)9-15/h4-5,8,11H,3,6-7,9-10,15H2,1-2H3. The van der Waals surface area contributed by atoms with Crippen LogP contribution in [-0.2, 0) is 6.54 Å². The smallest absolute Gasteiger partial charge is 0.120 e. The number of nitrogens with zero attached hydrogens (tertiary/aromatic N) is 1. The molecular formula is C14H22N2O. The second kappa shape index (κ2) is 5.41. The molecule has 2 N–H and O–H groups in total. The van der Waals surface area contributed by atoms with E-state index in [-0.39, 0.29) is 0 Å². The van der Waals surface area contributed by atoms with E-state index in [2.05, 4.69) is 24.0 Å². The van der Waals surface area contributed by atoms with Gasteiger partial charge in [0.25, 0.3) is 0 Å². The Morgan fingerprint density at radius 3 is 2.88 bits per heavy atom.